The van der Waals surface area contributed by atoms with E-state index in [9.17, 15) is 9.59 Å². The van der Waals surface area contributed by atoms with Crippen molar-refractivity contribution in [3.8, 4) is 0 Å². The minimum Gasteiger partial charge on any atom is -0.463 e. The van der Waals surface area contributed by atoms with Gasteiger partial charge in [-0.05, 0) is 24.6 Å². The van der Waals surface area contributed by atoms with Crippen LogP contribution in [0.5, 0.6) is 0 Å². The number of carbonyl (C=O) groups excluding carboxylic acids is 2. The molecule has 1 saturated heterocycles. The van der Waals surface area contributed by atoms with Crippen LogP contribution in [0.1, 0.15) is 18.2 Å². The first-order valence-electron chi connectivity index (χ1n) is 6.41. The summed E-state index contributed by atoms with van der Waals surface area (Å²) in [7, 11) is 0. The van der Waals surface area contributed by atoms with Gasteiger partial charge in [0.2, 0.25) is 0 Å². The average molecular weight is 283 g/mol. The fraction of sp³-hybridized carbons (Fsp3) is 0.133. The zero-order chi connectivity index (χ0) is 14.9. The van der Waals surface area contributed by atoms with Gasteiger partial charge in [-0.15, -0.1) is 5.01 Å². The Morgan fingerprint density at radius 3 is 2.62 bits per heavy atom. The summed E-state index contributed by atoms with van der Waals surface area (Å²) in [5.41, 5.74) is -0.405. The maximum absolute atomic E-state index is 12.5. The van der Waals surface area contributed by atoms with E-state index in [4.69, 9.17) is 4.42 Å². The lowest BCUT2D eigenvalue weighted by atomic mass is 9.92. The number of nitrogens with zero attached hydrogens (tertiary/aromatic N) is 2. The quantitative estimate of drug-likeness (QED) is 0.692. The van der Waals surface area contributed by atoms with Gasteiger partial charge in [-0.3, -0.25) is 4.79 Å². The first-order valence-corrected chi connectivity index (χ1v) is 6.41. The van der Waals surface area contributed by atoms with Crippen LogP contribution in [0.25, 0.3) is 0 Å². The predicted octanol–water partition coefficient (Wildman–Crippen LogP) is 2.08. The topological polar surface area (TPSA) is 74.9 Å². The molecule has 1 aromatic carbocycles. The second-order valence-electron chi connectivity index (χ2n) is 4.80. The number of urea groups is 1. The summed E-state index contributed by atoms with van der Waals surface area (Å²) < 4.78 is 5.08. The van der Waals surface area contributed by atoms with E-state index in [0.29, 0.717) is 11.3 Å². The molecule has 21 heavy (non-hydrogen) atoms. The van der Waals surface area contributed by atoms with Crippen molar-refractivity contribution in [3.05, 3.63) is 60.1 Å². The molecule has 0 unspecified atom stereocenters. The monoisotopic (exact) mass is 283 g/mol. The molecule has 1 aliphatic heterocycles. The lowest BCUT2D eigenvalue weighted by Crippen LogP contribution is -2.40. The lowest BCUT2D eigenvalue weighted by molar-refractivity contribution is -0.131. The highest BCUT2D eigenvalue weighted by atomic mass is 16.3. The molecule has 1 N–H and O–H groups in total. The average Bonchev–Trinajstić information content (AvgIpc) is 3.07. The molecule has 0 radical (unpaired) electrons. The highest BCUT2D eigenvalue weighted by Crippen LogP contribution is 2.28. The Bertz CT molecular complexity index is 694. The second-order valence-corrected chi connectivity index (χ2v) is 4.80. The Kier molecular flexibility index (Phi) is 3.06. The first kappa shape index (κ1) is 13.1. The van der Waals surface area contributed by atoms with Crippen molar-refractivity contribution in [1.82, 2.24) is 10.3 Å². The summed E-state index contributed by atoms with van der Waals surface area (Å²) in [5, 5.41) is 7.39. The molecule has 3 amide bonds. The van der Waals surface area contributed by atoms with E-state index in [0.717, 1.165) is 5.01 Å². The van der Waals surface area contributed by atoms with Crippen LogP contribution in [-0.2, 0) is 10.3 Å². The molecule has 1 aliphatic rings. The number of nitrogens with one attached hydrogen (secondary N) is 1. The summed E-state index contributed by atoms with van der Waals surface area (Å²) in [4.78, 5) is 24.5. The molecule has 0 saturated carbocycles. The van der Waals surface area contributed by atoms with Crippen LogP contribution >= 0.6 is 0 Å². The van der Waals surface area contributed by atoms with Crippen LogP contribution < -0.4 is 5.32 Å². The van der Waals surface area contributed by atoms with E-state index < -0.39 is 17.5 Å². The molecule has 1 atom stereocenters. The van der Waals surface area contributed by atoms with Gasteiger partial charge in [-0.25, -0.2) is 4.79 Å². The highest BCUT2D eigenvalue weighted by Gasteiger charge is 2.49. The van der Waals surface area contributed by atoms with Gasteiger partial charge in [0.1, 0.15) is 11.3 Å². The molecular formula is C15H13N3O3. The van der Waals surface area contributed by atoms with Crippen molar-refractivity contribution in [2.24, 2.45) is 5.10 Å². The molecule has 0 aliphatic carbocycles. The van der Waals surface area contributed by atoms with Crippen molar-refractivity contribution in [1.29, 1.82) is 0 Å². The molecule has 1 fully saturated rings. The number of rotatable bonds is 3. The van der Waals surface area contributed by atoms with Gasteiger partial charge in [0.25, 0.3) is 5.91 Å². The molecule has 106 valence electrons. The number of hydrogen-bond donors (Lipinski definition) is 1. The van der Waals surface area contributed by atoms with Crippen LogP contribution in [0, 0.1) is 0 Å². The molecule has 1 aromatic heterocycles. The predicted molar refractivity (Wildman–Crippen MR) is 75.5 cm³/mol. The second kappa shape index (κ2) is 4.90. The van der Waals surface area contributed by atoms with E-state index in [2.05, 4.69) is 10.4 Å². The zero-order valence-corrected chi connectivity index (χ0v) is 11.3. The van der Waals surface area contributed by atoms with Crippen LogP contribution in [0.2, 0.25) is 0 Å². The van der Waals surface area contributed by atoms with Crippen LogP contribution in [0.4, 0.5) is 4.79 Å². The molecule has 0 spiro atoms. The van der Waals surface area contributed by atoms with E-state index in [1.165, 1.54) is 12.5 Å². The van der Waals surface area contributed by atoms with Crippen molar-refractivity contribution >= 4 is 18.2 Å². The van der Waals surface area contributed by atoms with Crippen LogP contribution in [-0.4, -0.2) is 23.2 Å². The maximum atomic E-state index is 12.5. The molecule has 0 bridgehead atoms. The molecule has 6 heteroatoms. The highest BCUT2D eigenvalue weighted by molar-refractivity contribution is 6.07. The maximum Gasteiger partial charge on any atom is 0.346 e. The third kappa shape index (κ3) is 2.20. The summed E-state index contributed by atoms with van der Waals surface area (Å²) in [6, 6.07) is 11.9. The van der Waals surface area contributed by atoms with Crippen LogP contribution in [0.3, 0.4) is 0 Å². The zero-order valence-electron chi connectivity index (χ0n) is 11.3. The lowest BCUT2D eigenvalue weighted by Gasteiger charge is -2.20. The number of imide groups is 1. The van der Waals surface area contributed by atoms with Crippen molar-refractivity contribution in [2.75, 3.05) is 0 Å². The Morgan fingerprint density at radius 2 is 1.95 bits per heavy atom. The molecular weight excluding hydrogens is 270 g/mol. The fourth-order valence-corrected chi connectivity index (χ4v) is 2.18. The Labute approximate surface area is 121 Å². The van der Waals surface area contributed by atoms with E-state index in [1.54, 1.807) is 31.2 Å². The van der Waals surface area contributed by atoms with Gasteiger partial charge >= 0.3 is 6.03 Å². The van der Waals surface area contributed by atoms with Gasteiger partial charge < -0.3 is 9.73 Å². The van der Waals surface area contributed by atoms with E-state index >= 15 is 0 Å². The minimum absolute atomic E-state index is 0.429. The normalized spacial score (nSPS) is 22.0. The largest absolute Gasteiger partial charge is 0.463 e. The first-order chi connectivity index (χ1) is 10.1. The minimum atomic E-state index is -1.11. The fourth-order valence-electron chi connectivity index (χ4n) is 2.18. The standard InChI is InChI=1S/C15H13N3O3/c1-15(11-6-3-2-4-7-11)13(19)18(14(20)17-15)16-10-12-8-5-9-21-12/h2-10H,1H3,(H,17,20)/b16-10-/t15-/m0/s1. The summed E-state index contributed by atoms with van der Waals surface area (Å²) >= 11 is 0. The van der Waals surface area contributed by atoms with Gasteiger partial charge in [-0.1, -0.05) is 30.3 Å². The number of carbonyl (C=O) groups is 2. The molecule has 2 aromatic rings. The van der Waals surface area contributed by atoms with Gasteiger partial charge in [-0.2, -0.15) is 5.10 Å². The number of hydrogen-bond acceptors (Lipinski definition) is 4. The third-order valence-electron chi connectivity index (χ3n) is 3.36. The number of furan rings is 1. The number of benzene rings is 1. The van der Waals surface area contributed by atoms with Gasteiger partial charge in [0.15, 0.2) is 0 Å². The van der Waals surface area contributed by atoms with Crippen molar-refractivity contribution < 1.29 is 14.0 Å². The molecule has 3 rings (SSSR count). The number of amides is 3. The van der Waals surface area contributed by atoms with E-state index in [1.807, 2.05) is 18.2 Å². The summed E-state index contributed by atoms with van der Waals surface area (Å²) in [6.07, 6.45) is 2.82. The SMILES string of the molecule is C[C@@]1(c2ccccc2)NC(=O)N(/N=C\c2ccco2)C1=O. The smallest absolute Gasteiger partial charge is 0.346 e. The Morgan fingerprint density at radius 1 is 1.19 bits per heavy atom. The van der Waals surface area contributed by atoms with Crippen molar-refractivity contribution in [2.45, 2.75) is 12.5 Å². The third-order valence-corrected chi connectivity index (χ3v) is 3.36. The summed E-state index contributed by atoms with van der Waals surface area (Å²) in [5.74, 6) is 0.0328. The van der Waals surface area contributed by atoms with Gasteiger partial charge in [0, 0.05) is 0 Å². The van der Waals surface area contributed by atoms with Crippen LogP contribution in [0.15, 0.2) is 58.2 Å². The van der Waals surface area contributed by atoms with Gasteiger partial charge in [0.05, 0.1) is 12.5 Å². The number of hydrazone groups is 1. The summed E-state index contributed by atoms with van der Waals surface area (Å²) in [6.45, 7) is 1.66. The Hall–Kier alpha value is -2.89. The Balaban J connectivity index is 1.89. The van der Waals surface area contributed by atoms with E-state index in [-0.39, 0.29) is 0 Å². The van der Waals surface area contributed by atoms with Crippen molar-refractivity contribution in [3.63, 3.8) is 0 Å². The molecule has 2 heterocycles. The molecule has 6 nitrogen and oxygen atoms in total.